The third kappa shape index (κ3) is 4.48. The summed E-state index contributed by atoms with van der Waals surface area (Å²) in [5.41, 5.74) is 0.961. The number of carbonyl (C=O) groups excluding carboxylic acids is 1. The summed E-state index contributed by atoms with van der Waals surface area (Å²) in [6.07, 6.45) is 8.48. The molecule has 0 spiro atoms. The highest BCUT2D eigenvalue weighted by molar-refractivity contribution is 6.30. The van der Waals surface area contributed by atoms with Gasteiger partial charge in [0.15, 0.2) is 5.65 Å². The van der Waals surface area contributed by atoms with Gasteiger partial charge < -0.3 is 14.5 Å². The topological polar surface area (TPSA) is 94.2 Å². The third-order valence-electron chi connectivity index (χ3n) is 6.13. The van der Waals surface area contributed by atoms with Gasteiger partial charge in [-0.3, -0.25) is 4.57 Å². The quantitative estimate of drug-likeness (QED) is 0.402. The molecule has 1 saturated heterocycles. The average molecular weight is 509 g/mol. The van der Waals surface area contributed by atoms with Crippen LogP contribution in [0.2, 0.25) is 5.02 Å². The van der Waals surface area contributed by atoms with Gasteiger partial charge in [-0.1, -0.05) is 11.6 Å². The molecule has 1 aliphatic rings. The standard InChI is InChI=1S/C25H29ClN8O2/c1-16-13-32(24(35)36-25(3,4)5)17(2)12-31(16)22-21-19(34-10-6-8-30-34)14-33(23(21)29-15-28-22)20-11-18(26)7-9-27-20/h6-11,14-17H,12-13H2,1-5H3/t16-,17+/m0/s1. The average Bonchev–Trinajstić information content (AvgIpc) is 3.47. The van der Waals surface area contributed by atoms with Crippen molar-refractivity contribution in [3.05, 3.63) is 54.3 Å². The smallest absolute Gasteiger partial charge is 0.410 e. The van der Waals surface area contributed by atoms with Gasteiger partial charge in [-0.05, 0) is 46.8 Å². The van der Waals surface area contributed by atoms with Gasteiger partial charge in [-0.2, -0.15) is 5.10 Å². The molecule has 0 aliphatic carbocycles. The fraction of sp³-hybridized carbons (Fsp3) is 0.400. The Bertz CT molecular complexity index is 1400. The Kier molecular flexibility index (Phi) is 6.07. The molecule has 10 nitrogen and oxygen atoms in total. The molecule has 1 fully saturated rings. The number of hydrogen-bond donors (Lipinski definition) is 0. The second kappa shape index (κ2) is 9.09. The van der Waals surface area contributed by atoms with Crippen LogP contribution in [0.3, 0.4) is 0 Å². The summed E-state index contributed by atoms with van der Waals surface area (Å²) in [5, 5.41) is 5.89. The van der Waals surface area contributed by atoms with Crippen molar-refractivity contribution in [3.63, 3.8) is 0 Å². The van der Waals surface area contributed by atoms with Gasteiger partial charge in [0.05, 0.1) is 11.1 Å². The Morgan fingerprint density at radius 1 is 1.11 bits per heavy atom. The molecule has 2 atom stereocenters. The first-order valence-corrected chi connectivity index (χ1v) is 12.2. The van der Waals surface area contributed by atoms with E-state index in [-0.39, 0.29) is 18.2 Å². The van der Waals surface area contributed by atoms with E-state index in [4.69, 9.17) is 21.3 Å². The lowest BCUT2D eigenvalue weighted by Crippen LogP contribution is -2.59. The molecule has 188 valence electrons. The van der Waals surface area contributed by atoms with Gasteiger partial charge in [-0.25, -0.2) is 24.4 Å². The van der Waals surface area contributed by atoms with Crippen LogP contribution in [-0.2, 0) is 4.74 Å². The summed E-state index contributed by atoms with van der Waals surface area (Å²) in [6, 6.07) is 5.31. The molecule has 0 radical (unpaired) electrons. The van der Waals surface area contributed by atoms with Crippen LogP contribution >= 0.6 is 11.6 Å². The highest BCUT2D eigenvalue weighted by Crippen LogP contribution is 2.35. The predicted molar refractivity (Wildman–Crippen MR) is 138 cm³/mol. The first-order valence-electron chi connectivity index (χ1n) is 11.9. The molecule has 4 aromatic rings. The zero-order chi connectivity index (χ0) is 25.6. The number of rotatable bonds is 3. The first kappa shape index (κ1) is 24.1. The van der Waals surface area contributed by atoms with Crippen molar-refractivity contribution >= 4 is 34.5 Å². The highest BCUT2D eigenvalue weighted by Gasteiger charge is 2.36. The van der Waals surface area contributed by atoms with Gasteiger partial charge in [-0.15, -0.1) is 0 Å². The van der Waals surface area contributed by atoms with E-state index < -0.39 is 5.60 Å². The molecule has 0 aromatic carbocycles. The third-order valence-corrected chi connectivity index (χ3v) is 6.37. The molecule has 11 heteroatoms. The number of fused-ring (bicyclic) bond motifs is 1. The van der Waals surface area contributed by atoms with Gasteiger partial charge in [0.1, 0.15) is 23.6 Å². The van der Waals surface area contributed by atoms with E-state index in [0.717, 1.165) is 16.9 Å². The highest BCUT2D eigenvalue weighted by atomic mass is 35.5. The van der Waals surface area contributed by atoms with Crippen molar-refractivity contribution < 1.29 is 9.53 Å². The van der Waals surface area contributed by atoms with Crippen LogP contribution in [0.1, 0.15) is 34.6 Å². The number of halogens is 1. The first-order chi connectivity index (χ1) is 17.1. The Labute approximate surface area is 214 Å². The molecular weight excluding hydrogens is 480 g/mol. The van der Waals surface area contributed by atoms with E-state index in [9.17, 15) is 4.79 Å². The second-order valence-electron chi connectivity index (χ2n) is 10.0. The minimum atomic E-state index is -0.550. The molecule has 1 aliphatic heterocycles. The lowest BCUT2D eigenvalue weighted by molar-refractivity contribution is 0.0130. The van der Waals surface area contributed by atoms with Crippen LogP contribution in [-0.4, -0.2) is 71.1 Å². The van der Waals surface area contributed by atoms with E-state index in [1.165, 1.54) is 0 Å². The Balaban J connectivity index is 1.59. The maximum absolute atomic E-state index is 12.8. The van der Waals surface area contributed by atoms with E-state index >= 15 is 0 Å². The summed E-state index contributed by atoms with van der Waals surface area (Å²) in [5.74, 6) is 1.42. The molecule has 0 bridgehead atoms. The molecule has 5 heterocycles. The number of nitrogens with zero attached hydrogens (tertiary/aromatic N) is 8. The summed E-state index contributed by atoms with van der Waals surface area (Å²) in [6.45, 7) is 10.8. The Morgan fingerprint density at radius 3 is 2.61 bits per heavy atom. The molecule has 4 aromatic heterocycles. The van der Waals surface area contributed by atoms with Gasteiger partial charge >= 0.3 is 6.09 Å². The number of pyridine rings is 1. The maximum Gasteiger partial charge on any atom is 0.410 e. The van der Waals surface area contributed by atoms with Crippen molar-refractivity contribution in [2.45, 2.75) is 52.3 Å². The van der Waals surface area contributed by atoms with Crippen LogP contribution in [0, 0.1) is 0 Å². The number of carbonyl (C=O) groups is 1. The van der Waals surface area contributed by atoms with E-state index in [0.29, 0.717) is 29.6 Å². The summed E-state index contributed by atoms with van der Waals surface area (Å²) < 4.78 is 9.34. The number of piperazine rings is 1. The molecule has 0 unspecified atom stereocenters. The monoisotopic (exact) mass is 508 g/mol. The predicted octanol–water partition coefficient (Wildman–Crippen LogP) is 4.49. The number of hydrogen-bond acceptors (Lipinski definition) is 7. The molecule has 0 N–H and O–H groups in total. The fourth-order valence-corrected chi connectivity index (χ4v) is 4.68. The molecular formula is C25H29ClN8O2. The molecule has 0 saturated carbocycles. The minimum absolute atomic E-state index is 0.00932. The number of amides is 1. The zero-order valence-corrected chi connectivity index (χ0v) is 21.7. The van der Waals surface area contributed by atoms with E-state index in [1.807, 2.05) is 50.7 Å². The van der Waals surface area contributed by atoms with Crippen molar-refractivity contribution in [3.8, 4) is 11.5 Å². The van der Waals surface area contributed by atoms with Gasteiger partial charge in [0, 0.05) is 61.0 Å². The van der Waals surface area contributed by atoms with Gasteiger partial charge in [0.2, 0.25) is 0 Å². The Hall–Kier alpha value is -3.66. The van der Waals surface area contributed by atoms with Crippen molar-refractivity contribution in [2.24, 2.45) is 0 Å². The summed E-state index contributed by atoms with van der Waals surface area (Å²) in [4.78, 5) is 30.7. The number of anilines is 1. The summed E-state index contributed by atoms with van der Waals surface area (Å²) in [7, 11) is 0. The Morgan fingerprint density at radius 2 is 1.92 bits per heavy atom. The SMILES string of the molecule is C[C@@H]1CN(c2ncnc3c2c(-n2cccn2)cn3-c2cc(Cl)ccn2)[C@@H](C)CN1C(=O)OC(C)(C)C. The minimum Gasteiger partial charge on any atom is -0.444 e. The van der Waals surface area contributed by atoms with Crippen LogP contribution in [0.5, 0.6) is 0 Å². The van der Waals surface area contributed by atoms with Crippen LogP contribution in [0.15, 0.2) is 49.3 Å². The molecule has 36 heavy (non-hydrogen) atoms. The van der Waals surface area contributed by atoms with E-state index in [1.54, 1.807) is 40.4 Å². The lowest BCUT2D eigenvalue weighted by Gasteiger charge is -2.44. The second-order valence-corrected chi connectivity index (χ2v) is 10.5. The zero-order valence-electron chi connectivity index (χ0n) is 21.0. The molecule has 5 rings (SSSR count). The largest absolute Gasteiger partial charge is 0.444 e. The van der Waals surface area contributed by atoms with E-state index in [2.05, 4.69) is 26.9 Å². The van der Waals surface area contributed by atoms with Crippen LogP contribution in [0.25, 0.3) is 22.5 Å². The molecule has 1 amide bonds. The summed E-state index contributed by atoms with van der Waals surface area (Å²) >= 11 is 6.27. The fourth-order valence-electron chi connectivity index (χ4n) is 4.53. The number of ether oxygens (including phenoxy) is 1. The lowest BCUT2D eigenvalue weighted by atomic mass is 10.1. The van der Waals surface area contributed by atoms with Gasteiger partial charge in [0.25, 0.3) is 0 Å². The van der Waals surface area contributed by atoms with Crippen molar-refractivity contribution in [1.29, 1.82) is 0 Å². The normalized spacial score (nSPS) is 18.6. The van der Waals surface area contributed by atoms with Crippen molar-refractivity contribution in [1.82, 2.24) is 34.2 Å². The maximum atomic E-state index is 12.8. The van der Waals surface area contributed by atoms with Crippen molar-refractivity contribution in [2.75, 3.05) is 18.0 Å². The van der Waals surface area contributed by atoms with Crippen LogP contribution in [0.4, 0.5) is 10.6 Å². The van der Waals surface area contributed by atoms with Crippen LogP contribution < -0.4 is 4.90 Å². The number of aromatic nitrogens is 6.